The number of hydrogen-bond acceptors (Lipinski definition) is 3. The molecule has 1 aliphatic rings. The van der Waals surface area contributed by atoms with Crippen LogP contribution in [0.25, 0.3) is 0 Å². The van der Waals surface area contributed by atoms with Gasteiger partial charge in [-0.3, -0.25) is 9.89 Å². The van der Waals surface area contributed by atoms with Crippen LogP contribution in [0.5, 0.6) is 0 Å². The van der Waals surface area contributed by atoms with Gasteiger partial charge in [0.2, 0.25) is 0 Å². The molecular weight excluding hydrogens is 355 g/mol. The van der Waals surface area contributed by atoms with Gasteiger partial charge in [0.05, 0.1) is 6.42 Å². The Bertz CT molecular complexity index is 578. The Labute approximate surface area is 159 Å². The summed E-state index contributed by atoms with van der Waals surface area (Å²) in [7, 11) is 1.55. The number of piperazine rings is 1. The molecule has 1 heterocycles. The number of rotatable bonds is 7. The lowest BCUT2D eigenvalue weighted by Gasteiger charge is -2.34. The Kier molecular flexibility index (Phi) is 8.37. The van der Waals surface area contributed by atoms with E-state index < -0.39 is 12.6 Å². The Morgan fingerprint density at radius 1 is 1.00 bits per heavy atom. The molecule has 2 rings (SSSR count). The fourth-order valence-corrected chi connectivity index (χ4v) is 3.01. The number of guanidine groups is 1. The lowest BCUT2D eigenvalue weighted by Crippen LogP contribution is -2.45. The zero-order valence-electron chi connectivity index (χ0n) is 16.1. The number of nitrogens with zero attached hydrogens (tertiary/aromatic N) is 3. The van der Waals surface area contributed by atoms with E-state index in [9.17, 15) is 13.2 Å². The van der Waals surface area contributed by atoms with Gasteiger partial charge in [-0.05, 0) is 17.7 Å². The van der Waals surface area contributed by atoms with E-state index in [1.165, 1.54) is 5.56 Å². The van der Waals surface area contributed by atoms with Crippen LogP contribution in [0.2, 0.25) is 0 Å². The van der Waals surface area contributed by atoms with Crippen LogP contribution in [0.4, 0.5) is 13.2 Å². The number of halogens is 3. The molecular formula is C19H30F3N5. The molecule has 0 aliphatic carbocycles. The zero-order chi connectivity index (χ0) is 19.7. The van der Waals surface area contributed by atoms with Crippen molar-refractivity contribution in [1.82, 2.24) is 20.4 Å². The van der Waals surface area contributed by atoms with Crippen molar-refractivity contribution in [2.75, 3.05) is 46.3 Å². The highest BCUT2D eigenvalue weighted by molar-refractivity contribution is 5.79. The van der Waals surface area contributed by atoms with Crippen molar-refractivity contribution in [2.24, 2.45) is 4.99 Å². The van der Waals surface area contributed by atoms with E-state index in [4.69, 9.17) is 0 Å². The molecule has 0 amide bonds. The molecule has 1 aromatic rings. The van der Waals surface area contributed by atoms with E-state index in [0.29, 0.717) is 12.5 Å². The van der Waals surface area contributed by atoms with Gasteiger partial charge in [-0.1, -0.05) is 31.2 Å². The number of benzene rings is 1. The van der Waals surface area contributed by atoms with Crippen molar-refractivity contribution in [3.63, 3.8) is 0 Å². The van der Waals surface area contributed by atoms with Gasteiger partial charge in [0.25, 0.3) is 0 Å². The van der Waals surface area contributed by atoms with Crippen molar-refractivity contribution < 1.29 is 13.2 Å². The van der Waals surface area contributed by atoms with E-state index in [0.717, 1.165) is 44.8 Å². The molecule has 0 atom stereocenters. The minimum atomic E-state index is -4.16. The maximum Gasteiger partial charge on any atom is 0.390 e. The molecule has 0 bridgehead atoms. The van der Waals surface area contributed by atoms with Crippen LogP contribution < -0.4 is 10.6 Å². The molecule has 0 spiro atoms. The van der Waals surface area contributed by atoms with Gasteiger partial charge in [-0.25, -0.2) is 0 Å². The molecule has 0 radical (unpaired) electrons. The number of nitrogens with one attached hydrogen (secondary N) is 2. The average Bonchev–Trinajstić information content (AvgIpc) is 2.65. The lowest BCUT2D eigenvalue weighted by molar-refractivity contribution is -0.132. The number of alkyl halides is 3. The third-order valence-corrected chi connectivity index (χ3v) is 4.73. The summed E-state index contributed by atoms with van der Waals surface area (Å²) in [6, 6.07) is 8.33. The minimum Gasteiger partial charge on any atom is -0.356 e. The molecule has 0 aromatic heterocycles. The summed E-state index contributed by atoms with van der Waals surface area (Å²) in [5.74, 6) is 0.372. The predicted molar refractivity (Wildman–Crippen MR) is 103 cm³/mol. The molecule has 1 aliphatic heterocycles. The molecule has 8 heteroatoms. The first-order chi connectivity index (χ1) is 12.9. The monoisotopic (exact) mass is 385 g/mol. The van der Waals surface area contributed by atoms with Gasteiger partial charge in [-0.15, -0.1) is 0 Å². The molecule has 0 unspecified atom stereocenters. The number of aliphatic imine (C=N–C) groups is 1. The third kappa shape index (κ3) is 8.17. The molecule has 2 N–H and O–H groups in total. The first kappa shape index (κ1) is 21.5. The van der Waals surface area contributed by atoms with Crippen LogP contribution in [-0.2, 0) is 13.1 Å². The van der Waals surface area contributed by atoms with Crippen LogP contribution in [0, 0.1) is 0 Å². The maximum absolute atomic E-state index is 12.2. The smallest absolute Gasteiger partial charge is 0.356 e. The number of likely N-dealkylation sites (N-methyl/N-ethyl adjacent to an activating group) is 1. The summed E-state index contributed by atoms with van der Waals surface area (Å²) < 4.78 is 36.6. The van der Waals surface area contributed by atoms with Gasteiger partial charge in [0.15, 0.2) is 5.96 Å². The summed E-state index contributed by atoms with van der Waals surface area (Å²) in [5.41, 5.74) is 2.34. The quantitative estimate of drug-likeness (QED) is 0.559. The molecule has 1 aromatic carbocycles. The summed E-state index contributed by atoms with van der Waals surface area (Å²) in [6.45, 7) is 9.03. The summed E-state index contributed by atoms with van der Waals surface area (Å²) in [4.78, 5) is 8.87. The topological polar surface area (TPSA) is 42.9 Å². The van der Waals surface area contributed by atoms with Gasteiger partial charge >= 0.3 is 6.18 Å². The molecule has 1 fully saturated rings. The van der Waals surface area contributed by atoms with Crippen molar-refractivity contribution in [3.05, 3.63) is 35.4 Å². The summed E-state index contributed by atoms with van der Waals surface area (Å²) >= 11 is 0. The highest BCUT2D eigenvalue weighted by Crippen LogP contribution is 2.18. The van der Waals surface area contributed by atoms with E-state index in [2.05, 4.69) is 44.5 Å². The Morgan fingerprint density at radius 2 is 1.59 bits per heavy atom. The second-order valence-electron chi connectivity index (χ2n) is 6.74. The van der Waals surface area contributed by atoms with E-state index in [-0.39, 0.29) is 6.54 Å². The van der Waals surface area contributed by atoms with Gasteiger partial charge in [0.1, 0.15) is 0 Å². The Hall–Kier alpha value is -1.80. The van der Waals surface area contributed by atoms with Crippen molar-refractivity contribution in [3.8, 4) is 0 Å². The summed E-state index contributed by atoms with van der Waals surface area (Å²) in [5, 5.41) is 5.72. The van der Waals surface area contributed by atoms with Crippen LogP contribution in [0.1, 0.15) is 24.5 Å². The number of hydrogen-bond donors (Lipinski definition) is 2. The molecule has 5 nitrogen and oxygen atoms in total. The Balaban J connectivity index is 1.73. The largest absolute Gasteiger partial charge is 0.390 e. The van der Waals surface area contributed by atoms with Crippen LogP contribution in [-0.4, -0.2) is 68.3 Å². The minimum absolute atomic E-state index is 0.187. The van der Waals surface area contributed by atoms with Crippen molar-refractivity contribution >= 4 is 5.96 Å². The van der Waals surface area contributed by atoms with E-state index in [1.807, 2.05) is 12.1 Å². The SMILES string of the molecule is CCN1CCN(Cc2ccc(CNC(=NC)NCCC(F)(F)F)cc2)CC1. The van der Waals surface area contributed by atoms with E-state index in [1.54, 1.807) is 7.05 Å². The van der Waals surface area contributed by atoms with E-state index >= 15 is 0 Å². The standard InChI is InChI=1S/C19H30F3N5/c1-3-26-10-12-27(13-11-26)15-17-6-4-16(5-7-17)14-25-18(23-2)24-9-8-19(20,21)22/h4-7H,3,8-15H2,1-2H3,(H2,23,24,25). The van der Waals surface area contributed by atoms with Gasteiger partial charge in [0, 0.05) is 52.9 Å². The predicted octanol–water partition coefficient (Wildman–Crippen LogP) is 2.44. The normalized spacial score (nSPS) is 17.1. The lowest BCUT2D eigenvalue weighted by atomic mass is 10.1. The Morgan fingerprint density at radius 3 is 2.15 bits per heavy atom. The van der Waals surface area contributed by atoms with Gasteiger partial charge in [-0.2, -0.15) is 13.2 Å². The fourth-order valence-electron chi connectivity index (χ4n) is 3.01. The molecule has 27 heavy (non-hydrogen) atoms. The van der Waals surface area contributed by atoms with Crippen molar-refractivity contribution in [1.29, 1.82) is 0 Å². The van der Waals surface area contributed by atoms with Crippen LogP contribution in [0.3, 0.4) is 0 Å². The van der Waals surface area contributed by atoms with Gasteiger partial charge < -0.3 is 15.5 Å². The molecule has 0 saturated carbocycles. The summed E-state index contributed by atoms with van der Waals surface area (Å²) in [6.07, 6.45) is -5.04. The highest BCUT2D eigenvalue weighted by Gasteiger charge is 2.26. The first-order valence-electron chi connectivity index (χ1n) is 9.43. The second-order valence-corrected chi connectivity index (χ2v) is 6.74. The van der Waals surface area contributed by atoms with Crippen LogP contribution in [0.15, 0.2) is 29.3 Å². The van der Waals surface area contributed by atoms with Crippen LogP contribution >= 0.6 is 0 Å². The third-order valence-electron chi connectivity index (χ3n) is 4.73. The highest BCUT2D eigenvalue weighted by atomic mass is 19.4. The molecule has 152 valence electrons. The molecule has 1 saturated heterocycles. The first-order valence-corrected chi connectivity index (χ1v) is 9.43. The maximum atomic E-state index is 12.2. The fraction of sp³-hybridized carbons (Fsp3) is 0.632. The zero-order valence-corrected chi connectivity index (χ0v) is 16.1. The second kappa shape index (κ2) is 10.5. The van der Waals surface area contributed by atoms with Crippen molar-refractivity contribution in [2.45, 2.75) is 32.6 Å². The average molecular weight is 385 g/mol.